The Morgan fingerprint density at radius 1 is 1.18 bits per heavy atom. The summed E-state index contributed by atoms with van der Waals surface area (Å²) in [6.07, 6.45) is 1.28. The molecule has 0 bridgehead atoms. The molecular weight excluding hydrogens is 505 g/mol. The number of rotatable bonds is 6. The number of benzene rings is 2. The predicted octanol–water partition coefficient (Wildman–Crippen LogP) is 3.52. The smallest absolute Gasteiger partial charge is 0.247 e. The quantitative estimate of drug-likeness (QED) is 0.485. The molecule has 2 heterocycles. The number of ether oxygens (including phenoxy) is 1. The summed E-state index contributed by atoms with van der Waals surface area (Å²) in [7, 11) is -2.03. The summed E-state index contributed by atoms with van der Waals surface area (Å²) in [4.78, 5) is 6.26. The molecule has 2 aromatic carbocycles. The molecule has 0 unspecified atom stereocenters. The highest BCUT2D eigenvalue weighted by atomic mass is 32.2. The third kappa shape index (κ3) is 6.58. The summed E-state index contributed by atoms with van der Waals surface area (Å²) in [5, 5.41) is 9.84. The van der Waals surface area contributed by atoms with E-state index in [-0.39, 0.29) is 41.6 Å². The van der Waals surface area contributed by atoms with Crippen LogP contribution in [0.4, 0.5) is 4.39 Å². The van der Waals surface area contributed by atoms with Gasteiger partial charge in [0.2, 0.25) is 10.0 Å². The zero-order valence-electron chi connectivity index (χ0n) is 21.7. The highest BCUT2D eigenvalue weighted by Gasteiger charge is 2.38. The Kier molecular flexibility index (Phi) is 8.80. The lowest BCUT2D eigenvalue weighted by atomic mass is 10.0. The van der Waals surface area contributed by atoms with E-state index in [1.54, 1.807) is 43.5 Å². The van der Waals surface area contributed by atoms with Crippen LogP contribution >= 0.6 is 0 Å². The van der Waals surface area contributed by atoms with Gasteiger partial charge in [-0.25, -0.2) is 17.8 Å². The normalized spacial score (nSPS) is 19.8. The van der Waals surface area contributed by atoms with E-state index in [2.05, 4.69) is 16.8 Å². The Morgan fingerprint density at radius 3 is 2.71 bits per heavy atom. The molecule has 1 aromatic heterocycles. The van der Waals surface area contributed by atoms with E-state index in [1.807, 2.05) is 31.0 Å². The van der Waals surface area contributed by atoms with Crippen molar-refractivity contribution in [2.45, 2.75) is 37.4 Å². The second-order valence-corrected chi connectivity index (χ2v) is 11.6. The van der Waals surface area contributed by atoms with Crippen molar-refractivity contribution in [2.24, 2.45) is 5.92 Å². The van der Waals surface area contributed by atoms with Gasteiger partial charge in [-0.1, -0.05) is 31.0 Å². The van der Waals surface area contributed by atoms with Crippen molar-refractivity contribution < 1.29 is 22.7 Å². The number of halogens is 1. The molecule has 0 aliphatic carbocycles. The largest absolute Gasteiger partial charge is 0.487 e. The molecule has 0 amide bonds. The van der Waals surface area contributed by atoms with Gasteiger partial charge in [0.15, 0.2) is 0 Å². The van der Waals surface area contributed by atoms with Crippen LogP contribution in [0.1, 0.15) is 30.7 Å². The number of nitrogens with zero attached hydrogens (tertiary/aromatic N) is 3. The van der Waals surface area contributed by atoms with Gasteiger partial charge in [0, 0.05) is 43.4 Å². The van der Waals surface area contributed by atoms with E-state index in [0.717, 1.165) is 5.56 Å². The van der Waals surface area contributed by atoms with Gasteiger partial charge in [-0.05, 0) is 67.9 Å². The number of hydrogen-bond acceptors (Lipinski definition) is 6. The van der Waals surface area contributed by atoms with Crippen LogP contribution in [0, 0.1) is 23.6 Å². The average Bonchev–Trinajstić information content (AvgIpc) is 2.89. The lowest BCUT2D eigenvalue weighted by molar-refractivity contribution is 0.0733. The highest BCUT2D eigenvalue weighted by Crippen LogP contribution is 2.34. The van der Waals surface area contributed by atoms with E-state index in [1.165, 1.54) is 22.5 Å². The predicted molar refractivity (Wildman–Crippen MR) is 143 cm³/mol. The first-order valence-electron chi connectivity index (χ1n) is 12.5. The van der Waals surface area contributed by atoms with E-state index in [4.69, 9.17) is 4.74 Å². The maximum atomic E-state index is 13.7. The summed E-state index contributed by atoms with van der Waals surface area (Å²) in [5.41, 5.74) is 2.02. The Morgan fingerprint density at radius 2 is 2.00 bits per heavy atom. The van der Waals surface area contributed by atoms with Crippen LogP contribution in [-0.2, 0) is 16.6 Å². The molecule has 38 heavy (non-hydrogen) atoms. The van der Waals surface area contributed by atoms with Crippen molar-refractivity contribution in [1.29, 1.82) is 0 Å². The summed E-state index contributed by atoms with van der Waals surface area (Å²) in [6.45, 7) is 4.47. The molecule has 7 nitrogen and oxygen atoms in total. The van der Waals surface area contributed by atoms with Crippen molar-refractivity contribution in [3.05, 3.63) is 89.5 Å². The Hall–Kier alpha value is -3.29. The number of likely N-dealkylation sites (N-methyl/N-ethyl adjacent to an activating group) is 1. The average molecular weight is 538 g/mol. The fraction of sp³-hybridized carbons (Fsp3) is 0.345. The number of pyridine rings is 1. The fourth-order valence-corrected chi connectivity index (χ4v) is 6.24. The van der Waals surface area contributed by atoms with Gasteiger partial charge in [0.1, 0.15) is 28.3 Å². The van der Waals surface area contributed by atoms with Gasteiger partial charge in [0.25, 0.3) is 0 Å². The second-order valence-electron chi connectivity index (χ2n) is 9.69. The Labute approximate surface area is 223 Å². The molecule has 9 heteroatoms. The SMILES string of the molecule is C[C@@H]1CN([C@H](C)CO)S(=O)(=O)c2ccc(C#Cc3ccccn3)cc2O[C@@H]1CN(C)Cc1cccc(F)c1. The lowest BCUT2D eigenvalue weighted by Crippen LogP contribution is -2.49. The molecule has 3 atom stereocenters. The highest BCUT2D eigenvalue weighted by molar-refractivity contribution is 7.89. The molecule has 1 N–H and O–H groups in total. The van der Waals surface area contributed by atoms with Crippen LogP contribution in [0.15, 0.2) is 71.8 Å². The van der Waals surface area contributed by atoms with Crippen LogP contribution in [0.5, 0.6) is 5.75 Å². The maximum Gasteiger partial charge on any atom is 0.247 e. The third-order valence-electron chi connectivity index (χ3n) is 6.50. The van der Waals surface area contributed by atoms with Crippen LogP contribution in [0.25, 0.3) is 0 Å². The zero-order valence-corrected chi connectivity index (χ0v) is 22.5. The maximum absolute atomic E-state index is 13.7. The van der Waals surface area contributed by atoms with Crippen LogP contribution in [0.3, 0.4) is 0 Å². The minimum Gasteiger partial charge on any atom is -0.487 e. The van der Waals surface area contributed by atoms with Gasteiger partial charge in [0.05, 0.1) is 6.61 Å². The van der Waals surface area contributed by atoms with Crippen molar-refractivity contribution in [2.75, 3.05) is 26.7 Å². The summed E-state index contributed by atoms with van der Waals surface area (Å²) in [6, 6.07) is 16.1. The van der Waals surface area contributed by atoms with Gasteiger partial charge in [-0.3, -0.25) is 4.90 Å². The minimum absolute atomic E-state index is 0.0332. The second kappa shape index (κ2) is 12.0. The number of aliphatic hydroxyl groups excluding tert-OH is 1. The Balaban J connectivity index is 1.68. The molecule has 0 radical (unpaired) electrons. The van der Waals surface area contributed by atoms with Gasteiger partial charge in [-0.2, -0.15) is 4.31 Å². The Bertz CT molecular complexity index is 1420. The first-order chi connectivity index (χ1) is 18.2. The molecular formula is C29H32FN3O4S. The third-order valence-corrected chi connectivity index (χ3v) is 8.52. The summed E-state index contributed by atoms with van der Waals surface area (Å²) in [5.74, 6) is 5.74. The molecule has 0 saturated carbocycles. The summed E-state index contributed by atoms with van der Waals surface area (Å²) >= 11 is 0. The van der Waals surface area contributed by atoms with E-state index in [9.17, 15) is 17.9 Å². The first-order valence-corrected chi connectivity index (χ1v) is 13.9. The molecule has 3 aromatic rings. The monoisotopic (exact) mass is 537 g/mol. The van der Waals surface area contributed by atoms with Crippen LogP contribution in [0.2, 0.25) is 0 Å². The first kappa shape index (κ1) is 27.7. The molecule has 0 fully saturated rings. The summed E-state index contributed by atoms with van der Waals surface area (Å²) < 4.78 is 48.8. The molecule has 4 rings (SSSR count). The zero-order chi connectivity index (χ0) is 27.3. The molecule has 0 spiro atoms. The number of aromatic nitrogens is 1. The molecule has 200 valence electrons. The molecule has 1 aliphatic heterocycles. The van der Waals surface area contributed by atoms with Gasteiger partial charge in [-0.15, -0.1) is 0 Å². The van der Waals surface area contributed by atoms with E-state index < -0.39 is 16.1 Å². The number of sulfonamides is 1. The number of aliphatic hydroxyl groups is 1. The van der Waals surface area contributed by atoms with Crippen molar-refractivity contribution in [3.63, 3.8) is 0 Å². The molecule has 1 aliphatic rings. The van der Waals surface area contributed by atoms with Gasteiger partial charge < -0.3 is 9.84 Å². The van der Waals surface area contributed by atoms with Crippen LogP contribution < -0.4 is 4.74 Å². The van der Waals surface area contributed by atoms with Crippen LogP contribution in [-0.4, -0.2) is 66.6 Å². The topological polar surface area (TPSA) is 83.0 Å². The molecule has 0 saturated heterocycles. The number of fused-ring (bicyclic) bond motifs is 1. The van der Waals surface area contributed by atoms with Crippen molar-refractivity contribution in [3.8, 4) is 17.6 Å². The van der Waals surface area contributed by atoms with E-state index >= 15 is 0 Å². The fourth-order valence-electron chi connectivity index (χ4n) is 4.41. The lowest BCUT2D eigenvalue weighted by Gasteiger charge is -2.37. The van der Waals surface area contributed by atoms with E-state index in [0.29, 0.717) is 24.3 Å². The van der Waals surface area contributed by atoms with Gasteiger partial charge >= 0.3 is 0 Å². The number of hydrogen-bond donors (Lipinski definition) is 1. The standard InChI is InChI=1S/C29H32FN3O4S/c1-21-17-33(22(2)20-34)38(35,36)29-13-11-23(10-12-26-9-4-5-14-31-26)16-27(29)37-28(21)19-32(3)18-24-7-6-8-25(30)15-24/h4-9,11,13-16,21-22,28,34H,17-20H2,1-3H3/t21-,22-,28-/m1/s1. The van der Waals surface area contributed by atoms with Crippen molar-refractivity contribution in [1.82, 2.24) is 14.2 Å². The minimum atomic E-state index is -3.94. The van der Waals surface area contributed by atoms with Crippen molar-refractivity contribution >= 4 is 10.0 Å².